The van der Waals surface area contributed by atoms with Gasteiger partial charge in [-0.05, 0) is 18.2 Å². The summed E-state index contributed by atoms with van der Waals surface area (Å²) < 4.78 is 72.7. The average Bonchev–Trinajstić information content (AvgIpc) is 2.81. The zero-order valence-electron chi connectivity index (χ0n) is 10.7. The van der Waals surface area contributed by atoms with Gasteiger partial charge in [0.1, 0.15) is 11.5 Å². The molecule has 0 aromatic heterocycles. The van der Waals surface area contributed by atoms with E-state index >= 15 is 0 Å². The maximum atomic E-state index is 12.5. The van der Waals surface area contributed by atoms with Gasteiger partial charge in [0.15, 0.2) is 6.10 Å². The zero-order valence-corrected chi connectivity index (χ0v) is 12.3. The van der Waals surface area contributed by atoms with Crippen LogP contribution in [0.5, 0.6) is 0 Å². The molecule has 1 heterocycles. The van der Waals surface area contributed by atoms with Crippen molar-refractivity contribution in [3.05, 3.63) is 28.8 Å². The summed E-state index contributed by atoms with van der Waals surface area (Å²) in [5.41, 5.74) is -1.06. The standard InChI is InChI=1S/C11H9ClF3NO5S/c12-8-3-6(11(13,14)15)1-2-9(8)22(18,19)16-4-7-5-20-10(17)21-7/h1-3,7,16H,4-5H2. The minimum absolute atomic E-state index is 0.123. The summed E-state index contributed by atoms with van der Waals surface area (Å²) in [7, 11) is -4.15. The monoisotopic (exact) mass is 359 g/mol. The Kier molecular flexibility index (Phi) is 4.54. The number of alkyl halides is 3. The van der Waals surface area contributed by atoms with Gasteiger partial charge >= 0.3 is 12.3 Å². The third-order valence-electron chi connectivity index (χ3n) is 2.70. The van der Waals surface area contributed by atoms with Crippen LogP contribution in [0.2, 0.25) is 5.02 Å². The van der Waals surface area contributed by atoms with Gasteiger partial charge in [0, 0.05) is 0 Å². The fourth-order valence-electron chi connectivity index (χ4n) is 1.64. The Balaban J connectivity index is 2.14. The van der Waals surface area contributed by atoms with Gasteiger partial charge in [0.25, 0.3) is 0 Å². The van der Waals surface area contributed by atoms with Crippen LogP contribution in [-0.4, -0.2) is 33.8 Å². The molecule has 1 saturated heterocycles. The van der Waals surface area contributed by atoms with Crippen molar-refractivity contribution in [3.63, 3.8) is 0 Å². The van der Waals surface area contributed by atoms with E-state index in [2.05, 4.69) is 14.2 Å². The van der Waals surface area contributed by atoms with Crippen molar-refractivity contribution < 1.29 is 35.9 Å². The molecule has 0 bridgehead atoms. The molecule has 1 aromatic carbocycles. The van der Waals surface area contributed by atoms with Crippen LogP contribution in [0, 0.1) is 0 Å². The summed E-state index contributed by atoms with van der Waals surface area (Å²) >= 11 is 5.61. The Labute approximate surface area is 128 Å². The SMILES string of the molecule is O=C1OCC(CNS(=O)(=O)c2ccc(C(F)(F)F)cc2Cl)O1. The number of cyclic esters (lactones) is 2. The number of sulfonamides is 1. The van der Waals surface area contributed by atoms with Crippen molar-refractivity contribution >= 4 is 27.8 Å². The molecule has 1 aliphatic rings. The number of nitrogens with one attached hydrogen (secondary N) is 1. The Morgan fingerprint density at radius 1 is 1.36 bits per heavy atom. The van der Waals surface area contributed by atoms with Gasteiger partial charge in [0.2, 0.25) is 10.0 Å². The number of hydrogen-bond acceptors (Lipinski definition) is 5. The summed E-state index contributed by atoms with van der Waals surface area (Å²) in [5, 5.41) is -0.568. The van der Waals surface area contributed by atoms with Crippen molar-refractivity contribution in [3.8, 4) is 0 Å². The summed E-state index contributed by atoms with van der Waals surface area (Å²) in [6.45, 7) is -0.409. The van der Waals surface area contributed by atoms with Crippen LogP contribution in [0.4, 0.5) is 18.0 Å². The highest BCUT2D eigenvalue weighted by molar-refractivity contribution is 7.89. The van der Waals surface area contributed by atoms with Gasteiger partial charge in [-0.2, -0.15) is 13.2 Å². The van der Waals surface area contributed by atoms with Crippen LogP contribution in [0.1, 0.15) is 5.56 Å². The summed E-state index contributed by atoms with van der Waals surface area (Å²) in [6, 6.07) is 1.89. The fraction of sp³-hybridized carbons (Fsp3) is 0.364. The van der Waals surface area contributed by atoms with Gasteiger partial charge in [0.05, 0.1) is 17.1 Å². The maximum absolute atomic E-state index is 12.5. The van der Waals surface area contributed by atoms with Gasteiger partial charge in [-0.1, -0.05) is 11.6 Å². The van der Waals surface area contributed by atoms with Crippen LogP contribution >= 0.6 is 11.6 Å². The van der Waals surface area contributed by atoms with E-state index in [-0.39, 0.29) is 13.2 Å². The summed E-state index contributed by atoms with van der Waals surface area (Å²) in [5.74, 6) is 0. The van der Waals surface area contributed by atoms with Crippen LogP contribution in [0.3, 0.4) is 0 Å². The van der Waals surface area contributed by atoms with Crippen molar-refractivity contribution in [2.75, 3.05) is 13.2 Å². The molecular formula is C11H9ClF3NO5S. The third-order valence-corrected chi connectivity index (χ3v) is 4.61. The zero-order chi connectivity index (χ0) is 16.5. The molecule has 122 valence electrons. The highest BCUT2D eigenvalue weighted by Crippen LogP contribution is 2.33. The normalized spacial score (nSPS) is 18.9. The highest BCUT2D eigenvalue weighted by atomic mass is 35.5. The van der Waals surface area contributed by atoms with E-state index in [1.807, 2.05) is 0 Å². The Hall–Kier alpha value is -1.52. The predicted octanol–water partition coefficient (Wildman–Crippen LogP) is 2.17. The smallest absolute Gasteiger partial charge is 0.430 e. The van der Waals surface area contributed by atoms with Crippen LogP contribution in [0.15, 0.2) is 23.1 Å². The van der Waals surface area contributed by atoms with Crippen LogP contribution < -0.4 is 4.72 Å². The van der Waals surface area contributed by atoms with E-state index in [0.29, 0.717) is 12.1 Å². The number of carbonyl (C=O) groups is 1. The summed E-state index contributed by atoms with van der Waals surface area (Å²) in [4.78, 5) is 10.2. The Morgan fingerprint density at radius 3 is 2.55 bits per heavy atom. The Bertz CT molecular complexity index is 691. The van der Waals surface area contributed by atoms with E-state index in [1.165, 1.54) is 0 Å². The predicted molar refractivity (Wildman–Crippen MR) is 67.9 cm³/mol. The van der Waals surface area contributed by atoms with Crippen molar-refractivity contribution in [2.45, 2.75) is 17.2 Å². The first-order valence-electron chi connectivity index (χ1n) is 5.79. The Morgan fingerprint density at radius 2 is 2.05 bits per heavy atom. The molecule has 6 nitrogen and oxygen atoms in total. The molecule has 1 unspecified atom stereocenters. The quantitative estimate of drug-likeness (QED) is 0.833. The molecule has 0 aliphatic carbocycles. The molecule has 0 spiro atoms. The van der Waals surface area contributed by atoms with Gasteiger partial charge in [-0.25, -0.2) is 17.9 Å². The molecule has 0 amide bonds. The van der Waals surface area contributed by atoms with Crippen molar-refractivity contribution in [1.82, 2.24) is 4.72 Å². The summed E-state index contributed by atoms with van der Waals surface area (Å²) in [6.07, 6.45) is -6.36. The largest absolute Gasteiger partial charge is 0.508 e. The molecule has 2 rings (SSSR count). The number of ether oxygens (including phenoxy) is 2. The van der Waals surface area contributed by atoms with E-state index in [1.54, 1.807) is 0 Å². The maximum Gasteiger partial charge on any atom is 0.508 e. The van der Waals surface area contributed by atoms with Crippen molar-refractivity contribution in [1.29, 1.82) is 0 Å². The first-order valence-corrected chi connectivity index (χ1v) is 7.65. The topological polar surface area (TPSA) is 81.7 Å². The fourth-order valence-corrected chi connectivity index (χ4v) is 3.25. The minimum Gasteiger partial charge on any atom is -0.430 e. The molecule has 1 fully saturated rings. The van der Waals surface area contributed by atoms with Crippen LogP contribution in [-0.2, 0) is 25.7 Å². The molecule has 0 saturated carbocycles. The van der Waals surface area contributed by atoms with Gasteiger partial charge in [-0.3, -0.25) is 0 Å². The minimum atomic E-state index is -4.63. The lowest BCUT2D eigenvalue weighted by Gasteiger charge is -2.12. The number of benzene rings is 1. The number of hydrogen-bond donors (Lipinski definition) is 1. The molecule has 11 heteroatoms. The number of halogens is 4. The third kappa shape index (κ3) is 3.81. The second kappa shape index (κ2) is 5.94. The molecule has 1 aliphatic heterocycles. The lowest BCUT2D eigenvalue weighted by atomic mass is 10.2. The van der Waals surface area contributed by atoms with E-state index in [0.717, 1.165) is 6.07 Å². The average molecular weight is 360 g/mol. The second-order valence-electron chi connectivity index (χ2n) is 4.30. The number of rotatable bonds is 4. The first-order chi connectivity index (χ1) is 10.1. The molecule has 22 heavy (non-hydrogen) atoms. The van der Waals surface area contributed by atoms with Gasteiger partial charge in [-0.15, -0.1) is 0 Å². The molecule has 1 N–H and O–H groups in total. The van der Waals surface area contributed by atoms with E-state index in [4.69, 9.17) is 11.6 Å². The lowest BCUT2D eigenvalue weighted by Crippen LogP contribution is -2.33. The van der Waals surface area contributed by atoms with Crippen LogP contribution in [0.25, 0.3) is 0 Å². The molecule has 1 aromatic rings. The molecule has 0 radical (unpaired) electrons. The first kappa shape index (κ1) is 16.8. The highest BCUT2D eigenvalue weighted by Gasteiger charge is 2.32. The lowest BCUT2D eigenvalue weighted by molar-refractivity contribution is -0.137. The second-order valence-corrected chi connectivity index (χ2v) is 6.44. The molecular weight excluding hydrogens is 351 g/mol. The van der Waals surface area contributed by atoms with E-state index in [9.17, 15) is 26.4 Å². The van der Waals surface area contributed by atoms with Gasteiger partial charge < -0.3 is 9.47 Å². The van der Waals surface area contributed by atoms with Crippen molar-refractivity contribution in [2.24, 2.45) is 0 Å². The number of carbonyl (C=O) groups excluding carboxylic acids is 1. The van der Waals surface area contributed by atoms with E-state index < -0.39 is 43.9 Å². The molecule has 1 atom stereocenters.